The van der Waals surface area contributed by atoms with Gasteiger partial charge in [0.25, 0.3) is 0 Å². The molecule has 6 nitrogen and oxygen atoms in total. The van der Waals surface area contributed by atoms with Crippen LogP contribution in [0.4, 0.5) is 5.69 Å². The number of thiocarbonyl (C=S) groups is 1. The van der Waals surface area contributed by atoms with Crippen molar-refractivity contribution in [2.24, 2.45) is 0 Å². The van der Waals surface area contributed by atoms with Crippen molar-refractivity contribution in [2.45, 2.75) is 18.7 Å². The van der Waals surface area contributed by atoms with Gasteiger partial charge in [-0.25, -0.2) is 13.4 Å². The van der Waals surface area contributed by atoms with Crippen LogP contribution in [0.15, 0.2) is 40.6 Å². The predicted molar refractivity (Wildman–Crippen MR) is 74.1 cm³/mol. The second kappa shape index (κ2) is 6.42. The quantitative estimate of drug-likeness (QED) is 0.372. The van der Waals surface area contributed by atoms with Gasteiger partial charge in [-0.15, -0.1) is 0 Å². The Labute approximate surface area is 145 Å². The zero-order valence-electron chi connectivity index (χ0n) is 11.3. The predicted octanol–water partition coefficient (Wildman–Crippen LogP) is -1.95. The molecule has 0 aromatic heterocycles. The van der Waals surface area contributed by atoms with E-state index < -0.39 is 10.1 Å². The molecule has 1 aliphatic heterocycles. The zero-order valence-corrected chi connectivity index (χ0v) is 14.9. The first-order valence-electron chi connectivity index (χ1n) is 5.40. The number of nitrogens with one attached hydrogen (secondary N) is 2. The number of hydrogen-bond acceptors (Lipinski definition) is 5. The Morgan fingerprint density at radius 2 is 1.70 bits per heavy atom. The third-order valence-electron chi connectivity index (χ3n) is 2.72. The van der Waals surface area contributed by atoms with Crippen molar-refractivity contribution >= 4 is 33.1 Å². The smallest absolute Gasteiger partial charge is 0.744 e. The molecule has 1 heterocycles. The molecule has 0 atom stereocenters. The maximum Gasteiger partial charge on any atom is 1.00 e. The van der Waals surface area contributed by atoms with E-state index in [0.717, 1.165) is 11.4 Å². The Morgan fingerprint density at radius 3 is 2.20 bits per heavy atom. The van der Waals surface area contributed by atoms with Crippen LogP contribution in [-0.2, 0) is 10.1 Å². The van der Waals surface area contributed by atoms with E-state index in [-0.39, 0.29) is 34.5 Å². The maximum atomic E-state index is 10.8. The summed E-state index contributed by atoms with van der Waals surface area (Å²) in [5.74, 6) is 0. The minimum atomic E-state index is -4.43. The molecule has 0 saturated heterocycles. The van der Waals surface area contributed by atoms with Crippen molar-refractivity contribution in [3.63, 3.8) is 0 Å². The summed E-state index contributed by atoms with van der Waals surface area (Å²) in [4.78, 5) is -0.268. The number of hydrazine groups is 1. The molecule has 0 fully saturated rings. The van der Waals surface area contributed by atoms with E-state index >= 15 is 0 Å². The van der Waals surface area contributed by atoms with Crippen molar-refractivity contribution in [1.29, 1.82) is 0 Å². The summed E-state index contributed by atoms with van der Waals surface area (Å²) in [6.07, 6.45) is 0. The van der Waals surface area contributed by atoms with E-state index in [1.54, 1.807) is 5.01 Å². The van der Waals surface area contributed by atoms with Crippen LogP contribution in [0.25, 0.3) is 0 Å². The van der Waals surface area contributed by atoms with E-state index in [2.05, 4.69) is 10.7 Å². The largest absolute Gasteiger partial charge is 1.00 e. The monoisotopic (exact) mass is 321 g/mol. The van der Waals surface area contributed by atoms with Crippen LogP contribution in [0.2, 0.25) is 0 Å². The topological polar surface area (TPSA) is 84.5 Å². The van der Waals surface area contributed by atoms with Crippen LogP contribution >= 0.6 is 12.2 Å². The molecule has 0 spiro atoms. The van der Waals surface area contributed by atoms with Crippen molar-refractivity contribution in [1.82, 2.24) is 10.7 Å². The Balaban J connectivity index is 0.00000200. The molecule has 9 heteroatoms. The van der Waals surface area contributed by atoms with Crippen LogP contribution in [-0.4, -0.2) is 18.1 Å². The molecule has 0 amide bonds. The van der Waals surface area contributed by atoms with Crippen LogP contribution in [0.5, 0.6) is 0 Å². The van der Waals surface area contributed by atoms with E-state index in [4.69, 9.17) is 12.2 Å². The normalized spacial score (nSPS) is 15.3. The third-order valence-corrected chi connectivity index (χ3v) is 3.86. The standard InChI is InChI=1S/C11H13N3O3S2.Na/c1-7-8(2)13-14(11(18)12-7)9-3-5-10(6-4-9)19(15,16)17;/h3-6,13H,1-2H3,(H,12,18)(H,15,16,17);/q;+1/p-1. The van der Waals surface area contributed by atoms with E-state index in [9.17, 15) is 13.0 Å². The molecular weight excluding hydrogens is 309 g/mol. The minimum Gasteiger partial charge on any atom is -0.744 e. The van der Waals surface area contributed by atoms with Gasteiger partial charge in [-0.05, 0) is 50.3 Å². The molecule has 20 heavy (non-hydrogen) atoms. The SMILES string of the molecule is CC1=C(C)NN(c2ccc(S(=O)(=O)[O-])cc2)C(=S)N1.[Na+]. The van der Waals surface area contributed by atoms with Gasteiger partial charge in [0.05, 0.1) is 10.6 Å². The first-order valence-corrected chi connectivity index (χ1v) is 7.22. The second-order valence-electron chi connectivity index (χ2n) is 4.08. The molecule has 1 aromatic carbocycles. The van der Waals surface area contributed by atoms with Gasteiger partial charge in [0, 0.05) is 11.4 Å². The Hall–Kier alpha value is -0.640. The van der Waals surface area contributed by atoms with Gasteiger partial charge in [0.15, 0.2) is 5.11 Å². The molecule has 0 bridgehead atoms. The minimum absolute atomic E-state index is 0. The Morgan fingerprint density at radius 1 is 1.15 bits per heavy atom. The average molecular weight is 321 g/mol. The molecule has 1 aliphatic rings. The van der Waals surface area contributed by atoms with Gasteiger partial charge >= 0.3 is 29.6 Å². The summed E-state index contributed by atoms with van der Waals surface area (Å²) in [6.45, 7) is 3.77. The average Bonchev–Trinajstić information content (AvgIpc) is 2.33. The van der Waals surface area contributed by atoms with Gasteiger partial charge in [-0.2, -0.15) is 0 Å². The summed E-state index contributed by atoms with van der Waals surface area (Å²) in [5.41, 5.74) is 5.52. The van der Waals surface area contributed by atoms with E-state index in [1.807, 2.05) is 13.8 Å². The fourth-order valence-corrected chi connectivity index (χ4v) is 2.33. The summed E-state index contributed by atoms with van der Waals surface area (Å²) in [6, 6.07) is 5.53. The van der Waals surface area contributed by atoms with Gasteiger partial charge in [0.1, 0.15) is 10.1 Å². The van der Waals surface area contributed by atoms with Gasteiger partial charge in [0.2, 0.25) is 0 Å². The number of benzene rings is 1. The van der Waals surface area contributed by atoms with Crippen LogP contribution < -0.4 is 45.3 Å². The summed E-state index contributed by atoms with van der Waals surface area (Å²) < 4.78 is 32.5. The van der Waals surface area contributed by atoms with Crippen LogP contribution in [0.1, 0.15) is 13.8 Å². The van der Waals surface area contributed by atoms with Crippen molar-refractivity contribution in [3.8, 4) is 0 Å². The molecule has 102 valence electrons. The second-order valence-corrected chi connectivity index (χ2v) is 5.84. The Bertz CT molecular complexity index is 656. The molecule has 2 rings (SSSR count). The fourth-order valence-electron chi connectivity index (χ4n) is 1.56. The number of anilines is 1. The number of hydrogen-bond donors (Lipinski definition) is 2. The van der Waals surface area contributed by atoms with E-state index in [0.29, 0.717) is 10.8 Å². The van der Waals surface area contributed by atoms with Gasteiger partial charge in [-0.3, -0.25) is 5.43 Å². The third kappa shape index (κ3) is 3.72. The summed E-state index contributed by atoms with van der Waals surface area (Å²) in [7, 11) is -4.43. The Kier molecular flexibility index (Phi) is 5.59. The zero-order chi connectivity index (χ0) is 14.2. The van der Waals surface area contributed by atoms with Crippen molar-refractivity contribution in [3.05, 3.63) is 35.7 Å². The maximum absolute atomic E-state index is 10.8. The molecule has 1 aromatic rings. The molecule has 0 aliphatic carbocycles. The van der Waals surface area contributed by atoms with Crippen molar-refractivity contribution < 1.29 is 42.5 Å². The van der Waals surface area contributed by atoms with Gasteiger partial charge in [-0.1, -0.05) is 0 Å². The number of rotatable bonds is 2. The first-order chi connectivity index (χ1) is 8.79. The number of nitrogens with zero attached hydrogens (tertiary/aromatic N) is 1. The molecule has 0 unspecified atom stereocenters. The summed E-state index contributed by atoms with van der Waals surface area (Å²) >= 11 is 5.18. The molecule has 0 saturated carbocycles. The fraction of sp³-hybridized carbons (Fsp3) is 0.182. The van der Waals surface area contributed by atoms with Crippen molar-refractivity contribution in [2.75, 3.05) is 5.01 Å². The molecular formula is C11H12N3NaO3S2. The molecule has 2 N–H and O–H groups in total. The van der Waals surface area contributed by atoms with Gasteiger partial charge < -0.3 is 9.87 Å². The van der Waals surface area contributed by atoms with E-state index in [1.165, 1.54) is 24.3 Å². The molecule has 0 radical (unpaired) electrons. The number of allylic oxidation sites excluding steroid dienone is 2. The first kappa shape index (κ1) is 17.4. The van der Waals surface area contributed by atoms with Crippen LogP contribution in [0.3, 0.4) is 0 Å². The summed E-state index contributed by atoms with van der Waals surface area (Å²) in [5, 5.41) is 5.06. The van der Waals surface area contributed by atoms with Crippen LogP contribution in [0, 0.1) is 0 Å².